The van der Waals surface area contributed by atoms with E-state index < -0.39 is 60.2 Å². The Morgan fingerprint density at radius 2 is 1.70 bits per heavy atom. The van der Waals surface area contributed by atoms with E-state index in [9.17, 15) is 24.0 Å². The Balaban J connectivity index is 2.89. The fourth-order valence-electron chi connectivity index (χ4n) is 2.62. The van der Waals surface area contributed by atoms with Gasteiger partial charge >= 0.3 is 11.9 Å². The standard InChI is InChI=1S/C18H28N6O7S2/c1-33-3-2-11(16(28)24-13(7-32)18(30)31)22-17(29)12(5-14(25)26)23-15(27)10(19)4-9-6-20-8-21-9/h6,8,10-13,32H,2-5,7,19H2,1H3,(H,20,21)(H,22,29)(H,23,27)(H,24,28)(H,25,26)(H,30,31). The highest BCUT2D eigenvalue weighted by atomic mass is 32.2. The number of rotatable bonds is 15. The van der Waals surface area contributed by atoms with Crippen LogP contribution in [-0.2, 0) is 30.4 Å². The number of carboxylic acid groups (broad SMARTS) is 2. The summed E-state index contributed by atoms with van der Waals surface area (Å²) in [7, 11) is 0. The van der Waals surface area contributed by atoms with Crippen LogP contribution in [0.25, 0.3) is 0 Å². The number of imidazole rings is 1. The second-order valence-electron chi connectivity index (χ2n) is 6.97. The molecule has 0 aliphatic rings. The highest BCUT2D eigenvalue weighted by Gasteiger charge is 2.31. The predicted molar refractivity (Wildman–Crippen MR) is 123 cm³/mol. The van der Waals surface area contributed by atoms with E-state index in [0.717, 1.165) is 0 Å². The number of nitrogens with two attached hydrogens (primary N) is 1. The summed E-state index contributed by atoms with van der Waals surface area (Å²) >= 11 is 5.27. The monoisotopic (exact) mass is 504 g/mol. The van der Waals surface area contributed by atoms with Gasteiger partial charge in [0.1, 0.15) is 18.1 Å². The number of amides is 3. The van der Waals surface area contributed by atoms with E-state index in [0.29, 0.717) is 11.4 Å². The molecule has 8 N–H and O–H groups in total. The molecular weight excluding hydrogens is 476 g/mol. The Kier molecular flexibility index (Phi) is 12.3. The topological polar surface area (TPSA) is 217 Å². The number of thiol groups is 1. The molecule has 0 aliphatic carbocycles. The maximum absolute atomic E-state index is 12.8. The molecule has 4 atom stereocenters. The van der Waals surface area contributed by atoms with Crippen molar-refractivity contribution in [1.29, 1.82) is 0 Å². The first-order valence-corrected chi connectivity index (χ1v) is 11.8. The van der Waals surface area contributed by atoms with Crippen LogP contribution in [0, 0.1) is 0 Å². The summed E-state index contributed by atoms with van der Waals surface area (Å²) in [4.78, 5) is 66.7. The summed E-state index contributed by atoms with van der Waals surface area (Å²) in [6.07, 6.45) is 4.12. The summed E-state index contributed by atoms with van der Waals surface area (Å²) in [6.45, 7) is 0. The average molecular weight is 505 g/mol. The third-order valence-electron chi connectivity index (χ3n) is 4.38. The zero-order chi connectivity index (χ0) is 25.0. The lowest BCUT2D eigenvalue weighted by atomic mass is 10.1. The smallest absolute Gasteiger partial charge is 0.327 e. The van der Waals surface area contributed by atoms with E-state index in [1.165, 1.54) is 24.3 Å². The van der Waals surface area contributed by atoms with E-state index in [-0.39, 0.29) is 18.6 Å². The molecular formula is C18H28N6O7S2. The normalized spacial score (nSPS) is 14.4. The zero-order valence-electron chi connectivity index (χ0n) is 17.8. The average Bonchev–Trinajstić information content (AvgIpc) is 3.26. The molecule has 0 bridgehead atoms. The van der Waals surface area contributed by atoms with Crippen LogP contribution < -0.4 is 21.7 Å². The van der Waals surface area contributed by atoms with Crippen molar-refractivity contribution >= 4 is 54.1 Å². The molecule has 0 spiro atoms. The van der Waals surface area contributed by atoms with Crippen molar-refractivity contribution in [1.82, 2.24) is 25.9 Å². The SMILES string of the molecule is CSCCC(NC(=O)C(CC(=O)O)NC(=O)C(N)Cc1cnc[nH]1)C(=O)NC(CS)C(=O)O. The zero-order valence-corrected chi connectivity index (χ0v) is 19.5. The molecule has 13 nitrogen and oxygen atoms in total. The largest absolute Gasteiger partial charge is 0.481 e. The Morgan fingerprint density at radius 1 is 1.09 bits per heavy atom. The number of aromatic amines is 1. The molecule has 0 aromatic carbocycles. The summed E-state index contributed by atoms with van der Waals surface area (Å²) in [6, 6.07) is -5.02. The van der Waals surface area contributed by atoms with Crippen molar-refractivity contribution in [3.05, 3.63) is 18.2 Å². The number of carbonyl (C=O) groups is 5. The van der Waals surface area contributed by atoms with Crippen LogP contribution in [0.5, 0.6) is 0 Å². The Labute approximate surface area is 199 Å². The molecule has 184 valence electrons. The number of nitrogens with zero attached hydrogens (tertiary/aromatic N) is 1. The van der Waals surface area contributed by atoms with Crippen LogP contribution in [0.2, 0.25) is 0 Å². The minimum atomic E-state index is -1.51. The molecule has 0 saturated heterocycles. The molecule has 3 amide bonds. The van der Waals surface area contributed by atoms with Crippen molar-refractivity contribution in [3.63, 3.8) is 0 Å². The molecule has 4 unspecified atom stereocenters. The van der Waals surface area contributed by atoms with E-state index in [4.69, 9.17) is 15.9 Å². The number of carboxylic acids is 2. The molecule has 1 aromatic rings. The number of hydrogen-bond donors (Lipinski definition) is 8. The number of nitrogens with one attached hydrogen (secondary N) is 4. The first kappa shape index (κ1) is 28.3. The fraction of sp³-hybridized carbons (Fsp3) is 0.556. The third kappa shape index (κ3) is 10.1. The maximum atomic E-state index is 12.8. The Morgan fingerprint density at radius 3 is 2.21 bits per heavy atom. The highest BCUT2D eigenvalue weighted by Crippen LogP contribution is 2.05. The van der Waals surface area contributed by atoms with Gasteiger partial charge in [0.05, 0.1) is 18.8 Å². The lowest BCUT2D eigenvalue weighted by Crippen LogP contribution is -2.58. The minimum Gasteiger partial charge on any atom is -0.481 e. The van der Waals surface area contributed by atoms with Crippen LogP contribution in [0.1, 0.15) is 18.5 Å². The summed E-state index contributed by atoms with van der Waals surface area (Å²) in [5, 5.41) is 25.2. The van der Waals surface area contributed by atoms with E-state index >= 15 is 0 Å². The van der Waals surface area contributed by atoms with Crippen molar-refractivity contribution in [2.24, 2.45) is 5.73 Å². The highest BCUT2D eigenvalue weighted by molar-refractivity contribution is 7.98. The summed E-state index contributed by atoms with van der Waals surface area (Å²) < 4.78 is 0. The number of H-pyrrole nitrogens is 1. The molecule has 15 heteroatoms. The van der Waals surface area contributed by atoms with Crippen LogP contribution in [0.15, 0.2) is 12.5 Å². The van der Waals surface area contributed by atoms with Crippen molar-refractivity contribution in [2.75, 3.05) is 17.8 Å². The van der Waals surface area contributed by atoms with Crippen LogP contribution in [-0.4, -0.2) is 91.8 Å². The van der Waals surface area contributed by atoms with Gasteiger partial charge in [-0.15, -0.1) is 0 Å². The predicted octanol–water partition coefficient (Wildman–Crippen LogP) is -2.02. The quantitative estimate of drug-likeness (QED) is 0.123. The van der Waals surface area contributed by atoms with Gasteiger partial charge < -0.3 is 36.9 Å². The van der Waals surface area contributed by atoms with Crippen LogP contribution >= 0.6 is 24.4 Å². The van der Waals surface area contributed by atoms with E-state index in [1.54, 1.807) is 6.26 Å². The molecule has 1 rings (SSSR count). The van der Waals surface area contributed by atoms with Gasteiger partial charge in [0.2, 0.25) is 17.7 Å². The van der Waals surface area contributed by atoms with Gasteiger partial charge in [-0.25, -0.2) is 9.78 Å². The Bertz CT molecular complexity index is 823. The summed E-state index contributed by atoms with van der Waals surface area (Å²) in [5.74, 6) is -4.83. The number of aliphatic carboxylic acids is 2. The van der Waals surface area contributed by atoms with Gasteiger partial charge in [-0.2, -0.15) is 24.4 Å². The Hall–Kier alpha value is -2.78. The van der Waals surface area contributed by atoms with Gasteiger partial charge in [-0.3, -0.25) is 19.2 Å². The third-order valence-corrected chi connectivity index (χ3v) is 5.39. The van der Waals surface area contributed by atoms with E-state index in [1.807, 2.05) is 0 Å². The summed E-state index contributed by atoms with van der Waals surface area (Å²) in [5.41, 5.74) is 6.40. The van der Waals surface area contributed by atoms with E-state index in [2.05, 4.69) is 38.5 Å². The van der Waals surface area contributed by atoms with Crippen molar-refractivity contribution in [2.45, 2.75) is 43.4 Å². The molecule has 33 heavy (non-hydrogen) atoms. The van der Waals surface area contributed by atoms with Crippen LogP contribution in [0.4, 0.5) is 0 Å². The molecule has 0 aliphatic heterocycles. The number of thioether (sulfide) groups is 1. The number of carbonyl (C=O) groups excluding carboxylic acids is 3. The van der Waals surface area contributed by atoms with Gasteiger partial charge in [0, 0.05) is 24.1 Å². The van der Waals surface area contributed by atoms with Crippen LogP contribution in [0.3, 0.4) is 0 Å². The molecule has 1 heterocycles. The molecule has 0 fully saturated rings. The van der Waals surface area contributed by atoms with Gasteiger partial charge in [-0.05, 0) is 18.4 Å². The molecule has 1 aromatic heterocycles. The first-order chi connectivity index (χ1) is 15.6. The second-order valence-corrected chi connectivity index (χ2v) is 8.32. The van der Waals surface area contributed by atoms with Crippen molar-refractivity contribution < 1.29 is 34.2 Å². The first-order valence-electron chi connectivity index (χ1n) is 9.77. The number of hydrogen-bond acceptors (Lipinski definition) is 9. The van der Waals surface area contributed by atoms with Gasteiger partial charge in [-0.1, -0.05) is 0 Å². The lowest BCUT2D eigenvalue weighted by molar-refractivity contribution is -0.142. The number of aromatic nitrogens is 2. The molecule has 0 radical (unpaired) electrons. The van der Waals surface area contributed by atoms with Gasteiger partial charge in [0.15, 0.2) is 0 Å². The maximum Gasteiger partial charge on any atom is 0.327 e. The second kappa shape index (κ2) is 14.4. The molecule has 0 saturated carbocycles. The fourth-order valence-corrected chi connectivity index (χ4v) is 3.34. The van der Waals surface area contributed by atoms with Gasteiger partial charge in [0.25, 0.3) is 0 Å². The lowest BCUT2D eigenvalue weighted by Gasteiger charge is -2.24. The van der Waals surface area contributed by atoms with Crippen molar-refractivity contribution in [3.8, 4) is 0 Å². The minimum absolute atomic E-state index is 0.0757.